The van der Waals surface area contributed by atoms with E-state index in [-0.39, 0.29) is 6.10 Å². The zero-order chi connectivity index (χ0) is 17.2. The highest BCUT2D eigenvalue weighted by Gasteiger charge is 2.63. The van der Waals surface area contributed by atoms with Crippen LogP contribution >= 0.6 is 0 Å². The quantitative estimate of drug-likeness (QED) is 0.582. The molecule has 138 valence electrons. The Labute approximate surface area is 153 Å². The molecule has 1 N–H and O–H groups in total. The van der Waals surface area contributed by atoms with Crippen molar-refractivity contribution in [3.05, 3.63) is 11.4 Å². The Morgan fingerprint density at radius 2 is 1.68 bits per heavy atom. The van der Waals surface area contributed by atoms with Crippen molar-refractivity contribution in [2.24, 2.45) is 40.4 Å². The average molecular weight is 342 g/mol. The van der Waals surface area contributed by atoms with E-state index >= 15 is 0 Å². The van der Waals surface area contributed by atoms with E-state index in [9.17, 15) is 5.11 Å². The Balaban J connectivity index is 1.44. The Hall–Kier alpha value is -0.550. The number of aliphatic hydroxyl groups excluding tert-OH is 1. The summed E-state index contributed by atoms with van der Waals surface area (Å²) in [6.45, 7) is 10.2. The van der Waals surface area contributed by atoms with E-state index in [1.807, 2.05) is 0 Å². The Kier molecular flexibility index (Phi) is 3.80. The molecule has 0 aromatic rings. The van der Waals surface area contributed by atoms with Crippen molar-refractivity contribution in [3.8, 4) is 0 Å². The van der Waals surface area contributed by atoms with Crippen LogP contribution in [0.1, 0.15) is 84.0 Å². The maximum atomic E-state index is 10.2. The van der Waals surface area contributed by atoms with Crippen LogP contribution < -0.4 is 0 Å². The predicted octanol–water partition coefficient (Wildman–Crippen LogP) is 5.46. The summed E-state index contributed by atoms with van der Waals surface area (Å²) in [4.78, 5) is 4.01. The van der Waals surface area contributed by atoms with Crippen molar-refractivity contribution in [2.45, 2.75) is 96.1 Å². The molecular formula is C23H35NO. The van der Waals surface area contributed by atoms with E-state index < -0.39 is 0 Å². The second kappa shape index (κ2) is 5.72. The summed E-state index contributed by atoms with van der Waals surface area (Å²) in [7, 11) is 0. The van der Waals surface area contributed by atoms with E-state index in [1.54, 1.807) is 0 Å². The van der Waals surface area contributed by atoms with Crippen molar-refractivity contribution < 1.29 is 5.11 Å². The van der Waals surface area contributed by atoms with Gasteiger partial charge in [-0.3, -0.25) is 0 Å². The van der Waals surface area contributed by atoms with Crippen molar-refractivity contribution in [1.29, 1.82) is 0 Å². The largest absolute Gasteiger partial charge is 0.393 e. The molecule has 5 aliphatic carbocycles. The number of hydrogen-bond acceptors (Lipinski definition) is 1. The summed E-state index contributed by atoms with van der Waals surface area (Å²) >= 11 is 0. The smallest absolute Gasteiger partial charge is 0.224 e. The molecule has 0 radical (unpaired) electrons. The van der Waals surface area contributed by atoms with Crippen LogP contribution in [-0.2, 0) is 0 Å². The van der Waals surface area contributed by atoms with Gasteiger partial charge in [0.25, 0.3) is 0 Å². The molecule has 5 aliphatic rings. The van der Waals surface area contributed by atoms with Gasteiger partial charge in [0.05, 0.1) is 6.10 Å². The number of rotatable bonds is 0. The lowest BCUT2D eigenvalue weighted by atomic mass is 9.43. The number of fused-ring (bicyclic) bond motifs is 4. The monoisotopic (exact) mass is 341 g/mol. The minimum atomic E-state index is -0.0295. The van der Waals surface area contributed by atoms with E-state index in [2.05, 4.69) is 11.8 Å². The molecule has 0 aliphatic heterocycles. The Bertz CT molecular complexity index is 581. The molecule has 25 heavy (non-hydrogen) atoms. The van der Waals surface area contributed by atoms with Gasteiger partial charge in [0.15, 0.2) is 0 Å². The summed E-state index contributed by atoms with van der Waals surface area (Å²) in [5.74, 6) is 4.47. The van der Waals surface area contributed by atoms with E-state index in [0.29, 0.717) is 16.9 Å². The fraction of sp³-hybridized carbons (Fsp3) is 0.957. The second-order valence-electron chi connectivity index (χ2n) is 10.7. The van der Waals surface area contributed by atoms with Crippen molar-refractivity contribution in [2.75, 3.05) is 0 Å². The van der Waals surface area contributed by atoms with Crippen LogP contribution in [-0.4, -0.2) is 17.3 Å². The van der Waals surface area contributed by atoms with Gasteiger partial charge in [-0.1, -0.05) is 6.92 Å². The Morgan fingerprint density at radius 1 is 0.880 bits per heavy atom. The number of hydrogen-bond donors (Lipinski definition) is 1. The molecule has 5 rings (SSSR count). The third-order valence-corrected chi connectivity index (χ3v) is 10.2. The van der Waals surface area contributed by atoms with Gasteiger partial charge >= 0.3 is 0 Å². The highest BCUT2D eigenvalue weighted by atomic mass is 16.3. The maximum absolute atomic E-state index is 10.2. The maximum Gasteiger partial charge on any atom is 0.224 e. The van der Waals surface area contributed by atoms with Crippen LogP contribution in [0.2, 0.25) is 0 Å². The summed E-state index contributed by atoms with van der Waals surface area (Å²) < 4.78 is 0. The topological polar surface area (TPSA) is 24.6 Å². The third kappa shape index (κ3) is 2.24. The molecule has 1 spiro atoms. The van der Waals surface area contributed by atoms with Gasteiger partial charge in [-0.05, 0) is 105 Å². The highest BCUT2D eigenvalue weighted by molar-refractivity contribution is 5.13. The molecule has 3 unspecified atom stereocenters. The van der Waals surface area contributed by atoms with Crippen molar-refractivity contribution >= 4 is 0 Å². The van der Waals surface area contributed by atoms with Gasteiger partial charge in [-0.15, -0.1) is 0 Å². The molecule has 0 amide bonds. The van der Waals surface area contributed by atoms with Crippen LogP contribution in [0, 0.1) is 47.0 Å². The van der Waals surface area contributed by atoms with Gasteiger partial charge in [0.1, 0.15) is 0 Å². The molecule has 5 fully saturated rings. The van der Waals surface area contributed by atoms with Crippen LogP contribution in [0.5, 0.6) is 0 Å². The van der Waals surface area contributed by atoms with Gasteiger partial charge < -0.3 is 9.95 Å². The molecule has 0 bridgehead atoms. The van der Waals surface area contributed by atoms with Gasteiger partial charge in [0.2, 0.25) is 6.04 Å². The Morgan fingerprint density at radius 3 is 2.52 bits per heavy atom. The SMILES string of the molecule is [C-]#[N+][C@@H]1CC[C@H]2CCC3C4CC[C@H]5C[C@H](O)CC[C@]5(C)C4CC[C@@]32C1. The van der Waals surface area contributed by atoms with Crippen molar-refractivity contribution in [1.82, 2.24) is 0 Å². The summed E-state index contributed by atoms with van der Waals surface area (Å²) in [5.41, 5.74) is 1.04. The first-order valence-corrected chi connectivity index (χ1v) is 11.1. The lowest BCUT2D eigenvalue weighted by molar-refractivity contribution is -0.136. The van der Waals surface area contributed by atoms with Crippen molar-refractivity contribution in [3.63, 3.8) is 0 Å². The van der Waals surface area contributed by atoms with E-state index in [1.165, 1.54) is 64.2 Å². The first-order valence-electron chi connectivity index (χ1n) is 11.1. The molecule has 0 aromatic heterocycles. The first kappa shape index (κ1) is 16.6. The fourth-order valence-corrected chi connectivity index (χ4v) is 9.05. The zero-order valence-electron chi connectivity index (χ0n) is 15.9. The third-order valence-electron chi connectivity index (χ3n) is 10.2. The highest BCUT2D eigenvalue weighted by Crippen LogP contribution is 2.70. The lowest BCUT2D eigenvalue weighted by Crippen LogP contribution is -2.55. The average Bonchev–Trinajstić information content (AvgIpc) is 3.01. The molecule has 0 aromatic carbocycles. The minimum absolute atomic E-state index is 0.0295. The zero-order valence-corrected chi connectivity index (χ0v) is 15.9. The summed E-state index contributed by atoms with van der Waals surface area (Å²) in [5, 5.41) is 10.2. The lowest BCUT2D eigenvalue weighted by Gasteiger charge is -2.62. The molecular weight excluding hydrogens is 306 g/mol. The minimum Gasteiger partial charge on any atom is -0.393 e. The van der Waals surface area contributed by atoms with Crippen LogP contribution in [0.25, 0.3) is 4.85 Å². The van der Waals surface area contributed by atoms with Crippen LogP contribution in [0.3, 0.4) is 0 Å². The molecule has 9 atom stereocenters. The van der Waals surface area contributed by atoms with Crippen LogP contribution in [0.15, 0.2) is 0 Å². The van der Waals surface area contributed by atoms with E-state index in [4.69, 9.17) is 6.57 Å². The second-order valence-corrected chi connectivity index (χ2v) is 10.7. The first-order chi connectivity index (χ1) is 12.1. The molecule has 0 heterocycles. The predicted molar refractivity (Wildman–Crippen MR) is 99.8 cm³/mol. The molecule has 0 saturated heterocycles. The summed E-state index contributed by atoms with van der Waals surface area (Å²) in [6.07, 6.45) is 15.6. The fourth-order valence-electron chi connectivity index (χ4n) is 9.05. The summed E-state index contributed by atoms with van der Waals surface area (Å²) in [6, 6.07) is 0.324. The van der Waals surface area contributed by atoms with Gasteiger partial charge in [-0.25, -0.2) is 6.57 Å². The molecule has 5 saturated carbocycles. The number of nitrogens with zero attached hydrogens (tertiary/aromatic N) is 1. The number of aliphatic hydroxyl groups is 1. The normalized spacial score (nSPS) is 57.6. The van der Waals surface area contributed by atoms with Gasteiger partial charge in [0, 0.05) is 12.8 Å². The molecule has 2 heteroatoms. The molecule has 2 nitrogen and oxygen atoms in total. The standard InChI is InChI=1S/C23H35NO/c1-22-11-9-18(25)13-16(22)4-7-19-20(22)10-12-23-14-17(24-2)6-3-15(23)5-8-21(19)23/h15-21,25H,3-14H2,1H3/t15-,16-,17+,18+,19?,20?,21?,22-,23-/m0/s1. The van der Waals surface area contributed by atoms with Crippen LogP contribution in [0.4, 0.5) is 0 Å². The van der Waals surface area contributed by atoms with E-state index in [0.717, 1.165) is 42.4 Å². The van der Waals surface area contributed by atoms with Gasteiger partial charge in [-0.2, -0.15) is 0 Å².